The molecule has 0 aromatic heterocycles. The molecule has 0 radical (unpaired) electrons. The van der Waals surface area contributed by atoms with Crippen molar-refractivity contribution in [3.8, 4) is 12.1 Å². The van der Waals surface area contributed by atoms with Gasteiger partial charge >= 0.3 is 6.04 Å². The van der Waals surface area contributed by atoms with Gasteiger partial charge in [-0.2, -0.15) is 10.5 Å². The molecule has 0 spiro atoms. The third-order valence-corrected chi connectivity index (χ3v) is 1.07. The zero-order valence-corrected chi connectivity index (χ0v) is 5.54. The summed E-state index contributed by atoms with van der Waals surface area (Å²) >= 11 is 0. The summed E-state index contributed by atoms with van der Waals surface area (Å²) in [5, 5.41) is 16.4. The van der Waals surface area contributed by atoms with Gasteiger partial charge in [-0.3, -0.25) is 4.85 Å². The molecule has 3 nitrogen and oxygen atoms in total. The molecule has 0 amide bonds. The SMILES string of the molecule is [C-]#[N+]C(C#N)CCCC#N. The minimum absolute atomic E-state index is 0.438. The third-order valence-electron chi connectivity index (χ3n) is 1.07. The van der Waals surface area contributed by atoms with E-state index in [1.165, 1.54) is 0 Å². The normalized spacial score (nSPS) is 10.5. The Hall–Kier alpha value is -1.53. The van der Waals surface area contributed by atoms with Crippen molar-refractivity contribution >= 4 is 0 Å². The Balaban J connectivity index is 3.43. The van der Waals surface area contributed by atoms with E-state index in [1.54, 1.807) is 0 Å². The largest absolute Gasteiger partial charge is 0.307 e. The Kier molecular flexibility index (Phi) is 4.75. The lowest BCUT2D eigenvalue weighted by Gasteiger charge is -1.90. The number of rotatable bonds is 3. The summed E-state index contributed by atoms with van der Waals surface area (Å²) in [7, 11) is 0. The fourth-order valence-corrected chi connectivity index (χ4v) is 0.532. The molecule has 0 aliphatic heterocycles. The van der Waals surface area contributed by atoms with E-state index in [1.807, 2.05) is 12.1 Å². The molecule has 0 saturated carbocycles. The van der Waals surface area contributed by atoms with Crippen LogP contribution in [0.3, 0.4) is 0 Å². The molecule has 1 unspecified atom stereocenters. The number of hydrogen-bond acceptors (Lipinski definition) is 2. The van der Waals surface area contributed by atoms with Gasteiger partial charge in [-0.1, -0.05) is 0 Å². The Bertz CT molecular complexity index is 186. The van der Waals surface area contributed by atoms with Gasteiger partial charge in [0.25, 0.3) is 0 Å². The van der Waals surface area contributed by atoms with Crippen molar-refractivity contribution in [2.75, 3.05) is 0 Å². The fourth-order valence-electron chi connectivity index (χ4n) is 0.532. The van der Waals surface area contributed by atoms with Crippen LogP contribution in [0.2, 0.25) is 0 Å². The number of unbranched alkanes of at least 4 members (excludes halogenated alkanes) is 1. The molecule has 0 aromatic carbocycles. The van der Waals surface area contributed by atoms with Gasteiger partial charge in [0.1, 0.15) is 0 Å². The first-order valence-corrected chi connectivity index (χ1v) is 2.98. The lowest BCUT2D eigenvalue weighted by Crippen LogP contribution is -1.95. The third kappa shape index (κ3) is 3.47. The summed E-state index contributed by atoms with van der Waals surface area (Å²) in [6.45, 7) is 6.52. The van der Waals surface area contributed by atoms with Crippen LogP contribution in [0.5, 0.6) is 0 Å². The molecule has 0 aliphatic rings. The van der Waals surface area contributed by atoms with Crippen LogP contribution >= 0.6 is 0 Å². The van der Waals surface area contributed by atoms with E-state index in [9.17, 15) is 0 Å². The zero-order valence-electron chi connectivity index (χ0n) is 5.54. The zero-order chi connectivity index (χ0) is 7.82. The lowest BCUT2D eigenvalue weighted by molar-refractivity contribution is 0.741. The van der Waals surface area contributed by atoms with Crippen LogP contribution in [0.15, 0.2) is 0 Å². The van der Waals surface area contributed by atoms with E-state index in [4.69, 9.17) is 17.1 Å². The van der Waals surface area contributed by atoms with Crippen LogP contribution in [-0.2, 0) is 0 Å². The molecule has 0 fully saturated rings. The lowest BCUT2D eigenvalue weighted by atomic mass is 10.1. The van der Waals surface area contributed by atoms with Gasteiger partial charge in [-0.05, 0) is 6.42 Å². The molecule has 0 aliphatic carbocycles. The van der Waals surface area contributed by atoms with Crippen molar-refractivity contribution in [3.05, 3.63) is 11.4 Å². The number of nitriles is 2. The maximum Gasteiger partial charge on any atom is 0.307 e. The highest BCUT2D eigenvalue weighted by Gasteiger charge is 2.07. The summed E-state index contributed by atoms with van der Waals surface area (Å²) in [5.74, 6) is 0. The first-order valence-electron chi connectivity index (χ1n) is 2.98. The summed E-state index contributed by atoms with van der Waals surface area (Å²) in [5.41, 5.74) is 0. The monoisotopic (exact) mass is 133 g/mol. The van der Waals surface area contributed by atoms with Crippen molar-refractivity contribution in [3.63, 3.8) is 0 Å². The molecule has 0 aromatic rings. The predicted molar refractivity (Wildman–Crippen MR) is 35.5 cm³/mol. The van der Waals surface area contributed by atoms with E-state index in [-0.39, 0.29) is 0 Å². The molecule has 0 saturated heterocycles. The van der Waals surface area contributed by atoms with E-state index >= 15 is 0 Å². The molecule has 0 bridgehead atoms. The Labute approximate surface area is 60.3 Å². The fraction of sp³-hybridized carbons (Fsp3) is 0.571. The highest BCUT2D eigenvalue weighted by molar-refractivity contribution is 4.98. The van der Waals surface area contributed by atoms with Crippen molar-refractivity contribution in [1.82, 2.24) is 0 Å². The minimum Gasteiger partial charge on any atom is -0.297 e. The smallest absolute Gasteiger partial charge is 0.297 e. The first-order chi connectivity index (χ1) is 4.85. The maximum absolute atomic E-state index is 8.28. The van der Waals surface area contributed by atoms with Gasteiger partial charge < -0.3 is 0 Å². The summed E-state index contributed by atoms with van der Waals surface area (Å²) in [6.07, 6.45) is 1.61. The van der Waals surface area contributed by atoms with Crippen molar-refractivity contribution in [2.24, 2.45) is 0 Å². The number of hydrogen-bond donors (Lipinski definition) is 0. The molecule has 0 heterocycles. The molecule has 50 valence electrons. The molecule has 1 atom stereocenters. The highest BCUT2D eigenvalue weighted by atomic mass is 14.7. The van der Waals surface area contributed by atoms with Gasteiger partial charge in [0.15, 0.2) is 6.07 Å². The van der Waals surface area contributed by atoms with Gasteiger partial charge in [0, 0.05) is 12.8 Å². The molecule has 0 rings (SSSR count). The van der Waals surface area contributed by atoms with Crippen LogP contribution in [0.25, 0.3) is 4.85 Å². The van der Waals surface area contributed by atoms with Crippen molar-refractivity contribution in [2.45, 2.75) is 25.3 Å². The van der Waals surface area contributed by atoms with Crippen LogP contribution in [-0.4, -0.2) is 6.04 Å². The summed E-state index contributed by atoms with van der Waals surface area (Å²) in [6, 6.07) is 3.26. The molecule has 3 heteroatoms. The summed E-state index contributed by atoms with van der Waals surface area (Å²) in [4.78, 5) is 3.06. The molecule has 0 N–H and O–H groups in total. The average molecular weight is 133 g/mol. The average Bonchev–Trinajstić information content (AvgIpc) is 1.99. The summed E-state index contributed by atoms with van der Waals surface area (Å²) < 4.78 is 0. The first kappa shape index (κ1) is 8.47. The quantitative estimate of drug-likeness (QED) is 0.432. The van der Waals surface area contributed by atoms with Crippen LogP contribution in [0, 0.1) is 29.2 Å². The molecular formula is C7H7N3. The van der Waals surface area contributed by atoms with Crippen LogP contribution in [0.1, 0.15) is 19.3 Å². The molecular weight excluding hydrogens is 126 g/mol. The maximum atomic E-state index is 8.28. The van der Waals surface area contributed by atoms with Crippen molar-refractivity contribution in [1.29, 1.82) is 10.5 Å². The van der Waals surface area contributed by atoms with Gasteiger partial charge in [0.2, 0.25) is 0 Å². The predicted octanol–water partition coefficient (Wildman–Crippen LogP) is 1.49. The second-order valence-electron chi connectivity index (χ2n) is 1.82. The highest BCUT2D eigenvalue weighted by Crippen LogP contribution is 2.02. The van der Waals surface area contributed by atoms with E-state index in [0.717, 1.165) is 0 Å². The second kappa shape index (κ2) is 5.60. The Morgan fingerprint density at radius 2 is 2.20 bits per heavy atom. The van der Waals surface area contributed by atoms with Gasteiger partial charge in [-0.15, -0.1) is 0 Å². The van der Waals surface area contributed by atoms with Crippen LogP contribution < -0.4 is 0 Å². The van der Waals surface area contributed by atoms with Crippen molar-refractivity contribution < 1.29 is 0 Å². The molecule has 10 heavy (non-hydrogen) atoms. The van der Waals surface area contributed by atoms with E-state index in [0.29, 0.717) is 19.3 Å². The standard InChI is InChI=1S/C7H7N3/c1-10-7(6-9)4-2-3-5-8/h7H,2-4H2. The van der Waals surface area contributed by atoms with Gasteiger partial charge in [0.05, 0.1) is 6.07 Å². The Morgan fingerprint density at radius 3 is 2.60 bits per heavy atom. The number of nitrogens with zero attached hydrogens (tertiary/aromatic N) is 3. The second-order valence-corrected chi connectivity index (χ2v) is 1.82. The minimum atomic E-state index is -0.548. The van der Waals surface area contributed by atoms with Crippen LogP contribution in [0.4, 0.5) is 0 Å². The van der Waals surface area contributed by atoms with Gasteiger partial charge in [-0.25, -0.2) is 6.57 Å². The topological polar surface area (TPSA) is 51.9 Å². The van der Waals surface area contributed by atoms with E-state index in [2.05, 4.69) is 4.85 Å². The Morgan fingerprint density at radius 1 is 1.50 bits per heavy atom. The van der Waals surface area contributed by atoms with E-state index < -0.39 is 6.04 Å².